The number of ether oxygens (including phenoxy) is 1. The van der Waals surface area contributed by atoms with Crippen molar-refractivity contribution in [1.82, 2.24) is 0 Å². The summed E-state index contributed by atoms with van der Waals surface area (Å²) in [5, 5.41) is 10.5. The zero-order valence-corrected chi connectivity index (χ0v) is 8.06. The van der Waals surface area contributed by atoms with Gasteiger partial charge in [-0.15, -0.1) is 11.3 Å². The number of carbonyl (C=O) groups is 1. The zero-order valence-electron chi connectivity index (χ0n) is 7.24. The first-order valence-corrected chi connectivity index (χ1v) is 4.69. The second kappa shape index (κ2) is 4.63. The highest BCUT2D eigenvalue weighted by Crippen LogP contribution is 2.16. The highest BCUT2D eigenvalue weighted by Gasteiger charge is 2.06. The normalized spacial score (nSPS) is 9.23. The lowest BCUT2D eigenvalue weighted by Gasteiger charge is -1.97. The van der Waals surface area contributed by atoms with E-state index in [1.807, 2.05) is 11.4 Å². The number of rotatable bonds is 3. The topological polar surface area (TPSA) is 50.1 Å². The van der Waals surface area contributed by atoms with Crippen molar-refractivity contribution in [2.45, 2.75) is 12.8 Å². The van der Waals surface area contributed by atoms with Gasteiger partial charge in [0.2, 0.25) is 0 Å². The summed E-state index contributed by atoms with van der Waals surface area (Å²) >= 11 is 1.40. The molecule has 13 heavy (non-hydrogen) atoms. The summed E-state index contributed by atoms with van der Waals surface area (Å²) in [5.41, 5.74) is 0.929. The Labute approximate surface area is 80.6 Å². The summed E-state index contributed by atoms with van der Waals surface area (Å²) < 4.78 is 4.50. The summed E-state index contributed by atoms with van der Waals surface area (Å²) in [6.45, 7) is 0. The molecule has 3 nitrogen and oxygen atoms in total. The molecule has 0 bridgehead atoms. The van der Waals surface area contributed by atoms with Gasteiger partial charge in [0.15, 0.2) is 0 Å². The number of nitrogens with zero attached hydrogens (tertiary/aromatic N) is 1. The van der Waals surface area contributed by atoms with Crippen molar-refractivity contribution in [2.75, 3.05) is 7.11 Å². The third-order valence-corrected chi connectivity index (χ3v) is 2.54. The molecule has 0 radical (unpaired) electrons. The number of thiophene rings is 1. The third-order valence-electron chi connectivity index (χ3n) is 1.67. The molecule has 0 saturated carbocycles. The quantitative estimate of drug-likeness (QED) is 0.690. The van der Waals surface area contributed by atoms with E-state index < -0.39 is 0 Å². The number of nitriles is 1. The predicted octanol–water partition coefficient (Wildman–Crippen LogP) is 1.73. The van der Waals surface area contributed by atoms with Crippen molar-refractivity contribution in [3.05, 3.63) is 21.9 Å². The molecule has 0 saturated heterocycles. The average molecular weight is 195 g/mol. The van der Waals surface area contributed by atoms with E-state index in [0.717, 1.165) is 5.56 Å². The van der Waals surface area contributed by atoms with E-state index in [-0.39, 0.29) is 5.97 Å². The molecule has 0 N–H and O–H groups in total. The molecule has 0 spiro atoms. The van der Waals surface area contributed by atoms with Crippen LogP contribution in [0.4, 0.5) is 0 Å². The SMILES string of the molecule is COC(=O)CCc1ccsc1C#N. The first-order chi connectivity index (χ1) is 6.27. The van der Waals surface area contributed by atoms with Crippen LogP contribution in [0.25, 0.3) is 0 Å². The first kappa shape index (κ1) is 9.75. The van der Waals surface area contributed by atoms with E-state index in [9.17, 15) is 4.79 Å². The molecule has 0 aliphatic carbocycles. The van der Waals surface area contributed by atoms with Crippen LogP contribution in [-0.2, 0) is 16.0 Å². The molecule has 1 aromatic rings. The average Bonchev–Trinajstić information content (AvgIpc) is 2.61. The first-order valence-electron chi connectivity index (χ1n) is 3.81. The van der Waals surface area contributed by atoms with E-state index >= 15 is 0 Å². The molecule has 1 heterocycles. The number of esters is 1. The third kappa shape index (κ3) is 2.56. The molecular formula is C9H9NO2S. The van der Waals surface area contributed by atoms with Gasteiger partial charge in [-0.25, -0.2) is 0 Å². The van der Waals surface area contributed by atoms with Crippen LogP contribution in [0.1, 0.15) is 16.9 Å². The van der Waals surface area contributed by atoms with Gasteiger partial charge in [-0.05, 0) is 23.4 Å². The van der Waals surface area contributed by atoms with Crippen molar-refractivity contribution in [1.29, 1.82) is 5.26 Å². The van der Waals surface area contributed by atoms with Crippen LogP contribution in [-0.4, -0.2) is 13.1 Å². The number of carbonyl (C=O) groups excluding carboxylic acids is 1. The lowest BCUT2D eigenvalue weighted by Crippen LogP contribution is -2.01. The summed E-state index contributed by atoms with van der Waals surface area (Å²) in [7, 11) is 1.36. The minimum atomic E-state index is -0.241. The fourth-order valence-electron chi connectivity index (χ4n) is 0.969. The monoisotopic (exact) mass is 195 g/mol. The summed E-state index contributed by atoms with van der Waals surface area (Å²) in [6, 6.07) is 3.95. The number of methoxy groups -OCH3 is 1. The van der Waals surface area contributed by atoms with Crippen LogP contribution in [0, 0.1) is 11.3 Å². The highest BCUT2D eigenvalue weighted by atomic mass is 32.1. The van der Waals surface area contributed by atoms with E-state index in [1.54, 1.807) is 0 Å². The molecule has 0 aliphatic rings. The minimum Gasteiger partial charge on any atom is -0.469 e. The number of hydrogen-bond acceptors (Lipinski definition) is 4. The maximum Gasteiger partial charge on any atom is 0.305 e. The van der Waals surface area contributed by atoms with Crippen LogP contribution in [0.15, 0.2) is 11.4 Å². The molecule has 0 amide bonds. The van der Waals surface area contributed by atoms with Crippen molar-refractivity contribution >= 4 is 17.3 Å². The minimum absolute atomic E-state index is 0.241. The Morgan fingerprint density at radius 1 is 1.77 bits per heavy atom. The molecular weight excluding hydrogens is 186 g/mol. The van der Waals surface area contributed by atoms with Gasteiger partial charge in [0.05, 0.1) is 7.11 Å². The fraction of sp³-hybridized carbons (Fsp3) is 0.333. The smallest absolute Gasteiger partial charge is 0.305 e. The predicted molar refractivity (Wildman–Crippen MR) is 49.4 cm³/mol. The van der Waals surface area contributed by atoms with Gasteiger partial charge in [0.25, 0.3) is 0 Å². The van der Waals surface area contributed by atoms with Crippen LogP contribution in [0.2, 0.25) is 0 Å². The Hall–Kier alpha value is -1.34. The molecule has 1 rings (SSSR count). The van der Waals surface area contributed by atoms with E-state index in [2.05, 4.69) is 10.8 Å². The standard InChI is InChI=1S/C9H9NO2S/c1-12-9(11)3-2-7-4-5-13-8(7)6-10/h4-5H,2-3H2,1H3. The molecule has 0 aromatic carbocycles. The second-order valence-corrected chi connectivity index (χ2v) is 3.38. The Balaban J connectivity index is 2.55. The Kier molecular flexibility index (Phi) is 3.47. The molecule has 4 heteroatoms. The Morgan fingerprint density at radius 3 is 3.15 bits per heavy atom. The van der Waals surface area contributed by atoms with Gasteiger partial charge in [0.1, 0.15) is 10.9 Å². The van der Waals surface area contributed by atoms with Crippen LogP contribution < -0.4 is 0 Å². The summed E-state index contributed by atoms with van der Waals surface area (Å²) in [5.74, 6) is -0.241. The zero-order chi connectivity index (χ0) is 9.68. The molecule has 0 aliphatic heterocycles. The van der Waals surface area contributed by atoms with Crippen molar-refractivity contribution in [2.24, 2.45) is 0 Å². The van der Waals surface area contributed by atoms with Gasteiger partial charge in [-0.2, -0.15) is 5.26 Å². The van der Waals surface area contributed by atoms with Crippen LogP contribution in [0.3, 0.4) is 0 Å². The fourth-order valence-corrected chi connectivity index (χ4v) is 1.71. The van der Waals surface area contributed by atoms with E-state index in [1.165, 1.54) is 18.4 Å². The van der Waals surface area contributed by atoms with Gasteiger partial charge in [-0.3, -0.25) is 4.79 Å². The molecule has 0 fully saturated rings. The van der Waals surface area contributed by atoms with Crippen LogP contribution >= 0.6 is 11.3 Å². The van der Waals surface area contributed by atoms with Gasteiger partial charge < -0.3 is 4.74 Å². The lowest BCUT2D eigenvalue weighted by atomic mass is 10.1. The summed E-state index contributed by atoms with van der Waals surface area (Å²) in [4.78, 5) is 11.5. The lowest BCUT2D eigenvalue weighted by molar-refractivity contribution is -0.140. The van der Waals surface area contributed by atoms with Crippen LogP contribution in [0.5, 0.6) is 0 Å². The molecule has 68 valence electrons. The molecule has 0 unspecified atom stereocenters. The second-order valence-electron chi connectivity index (χ2n) is 2.46. The molecule has 0 atom stereocenters. The Morgan fingerprint density at radius 2 is 2.54 bits per heavy atom. The van der Waals surface area contributed by atoms with Crippen molar-refractivity contribution in [3.63, 3.8) is 0 Å². The largest absolute Gasteiger partial charge is 0.469 e. The summed E-state index contributed by atoms with van der Waals surface area (Å²) in [6.07, 6.45) is 0.918. The van der Waals surface area contributed by atoms with E-state index in [4.69, 9.17) is 5.26 Å². The van der Waals surface area contributed by atoms with Gasteiger partial charge >= 0.3 is 5.97 Å². The highest BCUT2D eigenvalue weighted by molar-refractivity contribution is 7.10. The maximum absolute atomic E-state index is 10.8. The molecule has 1 aromatic heterocycles. The number of hydrogen-bond donors (Lipinski definition) is 0. The van der Waals surface area contributed by atoms with Gasteiger partial charge in [0, 0.05) is 6.42 Å². The van der Waals surface area contributed by atoms with E-state index in [0.29, 0.717) is 17.7 Å². The van der Waals surface area contributed by atoms with Crippen molar-refractivity contribution in [3.8, 4) is 6.07 Å². The number of aryl methyl sites for hydroxylation is 1. The maximum atomic E-state index is 10.8. The van der Waals surface area contributed by atoms with Gasteiger partial charge in [-0.1, -0.05) is 0 Å². The Bertz CT molecular complexity index is 338. The van der Waals surface area contributed by atoms with Crippen molar-refractivity contribution < 1.29 is 9.53 Å².